The molecule has 0 amide bonds. The van der Waals surface area contributed by atoms with E-state index >= 15 is 0 Å². The van der Waals surface area contributed by atoms with Gasteiger partial charge in [-0.25, -0.2) is 4.39 Å². The SMILES string of the molecule is CC(C)(C)Nc1cc(-c2cc(Br)ccc2F)[nH]n1. The molecule has 0 fully saturated rings. The second-order valence-electron chi connectivity index (χ2n) is 5.17. The van der Waals surface area contributed by atoms with Crippen molar-refractivity contribution in [1.29, 1.82) is 0 Å². The molecule has 0 atom stereocenters. The Labute approximate surface area is 114 Å². The third-order valence-electron chi connectivity index (χ3n) is 2.30. The van der Waals surface area contributed by atoms with Crippen LogP contribution in [0.25, 0.3) is 11.3 Å². The number of H-pyrrole nitrogens is 1. The number of halogens is 2. The van der Waals surface area contributed by atoms with Crippen molar-refractivity contribution in [3.8, 4) is 11.3 Å². The molecule has 0 aliphatic carbocycles. The molecule has 1 aromatic carbocycles. The monoisotopic (exact) mass is 311 g/mol. The van der Waals surface area contributed by atoms with E-state index in [1.54, 1.807) is 18.2 Å². The van der Waals surface area contributed by atoms with Gasteiger partial charge in [0.05, 0.1) is 5.69 Å². The maximum Gasteiger partial charge on any atom is 0.148 e. The number of hydrogen-bond acceptors (Lipinski definition) is 2. The summed E-state index contributed by atoms with van der Waals surface area (Å²) >= 11 is 3.33. The summed E-state index contributed by atoms with van der Waals surface area (Å²) in [6, 6.07) is 6.63. The van der Waals surface area contributed by atoms with Crippen LogP contribution in [0, 0.1) is 5.82 Å². The highest BCUT2D eigenvalue weighted by molar-refractivity contribution is 9.10. The Morgan fingerprint density at radius 3 is 2.67 bits per heavy atom. The van der Waals surface area contributed by atoms with Gasteiger partial charge in [0.1, 0.15) is 11.6 Å². The van der Waals surface area contributed by atoms with Crippen molar-refractivity contribution < 1.29 is 4.39 Å². The summed E-state index contributed by atoms with van der Waals surface area (Å²) in [5.41, 5.74) is 1.07. The Kier molecular flexibility index (Phi) is 3.43. The van der Waals surface area contributed by atoms with Gasteiger partial charge in [-0.05, 0) is 39.0 Å². The molecule has 0 bridgehead atoms. The number of rotatable bonds is 2. The van der Waals surface area contributed by atoms with Gasteiger partial charge in [-0.3, -0.25) is 5.10 Å². The largest absolute Gasteiger partial charge is 0.364 e. The molecule has 0 unspecified atom stereocenters. The van der Waals surface area contributed by atoms with E-state index in [4.69, 9.17) is 0 Å². The highest BCUT2D eigenvalue weighted by Crippen LogP contribution is 2.26. The van der Waals surface area contributed by atoms with Crippen LogP contribution in [0.3, 0.4) is 0 Å². The fourth-order valence-corrected chi connectivity index (χ4v) is 1.97. The lowest BCUT2D eigenvalue weighted by Gasteiger charge is -2.19. The zero-order valence-corrected chi connectivity index (χ0v) is 12.1. The fourth-order valence-electron chi connectivity index (χ4n) is 1.61. The lowest BCUT2D eigenvalue weighted by molar-refractivity contribution is 0.629. The Morgan fingerprint density at radius 2 is 2.00 bits per heavy atom. The van der Waals surface area contributed by atoms with E-state index in [0.717, 1.165) is 4.47 Å². The number of nitrogens with one attached hydrogen (secondary N) is 2. The lowest BCUT2D eigenvalue weighted by atomic mass is 10.1. The Morgan fingerprint density at radius 1 is 1.28 bits per heavy atom. The van der Waals surface area contributed by atoms with Gasteiger partial charge >= 0.3 is 0 Å². The summed E-state index contributed by atoms with van der Waals surface area (Å²) in [5, 5.41) is 10.2. The highest BCUT2D eigenvalue weighted by Gasteiger charge is 2.13. The minimum Gasteiger partial charge on any atom is -0.364 e. The van der Waals surface area contributed by atoms with Crippen LogP contribution in [-0.4, -0.2) is 15.7 Å². The quantitative estimate of drug-likeness (QED) is 0.873. The molecule has 0 saturated heterocycles. The molecule has 1 aromatic heterocycles. The summed E-state index contributed by atoms with van der Waals surface area (Å²) in [5.74, 6) is 0.432. The molecule has 2 N–H and O–H groups in total. The van der Waals surface area contributed by atoms with E-state index in [1.165, 1.54) is 6.07 Å². The second kappa shape index (κ2) is 4.72. The number of benzene rings is 1. The Bertz CT molecular complexity index is 558. The van der Waals surface area contributed by atoms with Crippen LogP contribution in [0.4, 0.5) is 10.2 Å². The number of nitrogens with zero attached hydrogens (tertiary/aromatic N) is 1. The smallest absolute Gasteiger partial charge is 0.148 e. The molecule has 3 nitrogen and oxygen atoms in total. The highest BCUT2D eigenvalue weighted by atomic mass is 79.9. The predicted octanol–water partition coefficient (Wildman–Crippen LogP) is 4.19. The topological polar surface area (TPSA) is 40.7 Å². The predicted molar refractivity (Wildman–Crippen MR) is 75.1 cm³/mol. The molecule has 2 rings (SSSR count). The van der Waals surface area contributed by atoms with Crippen LogP contribution in [0.2, 0.25) is 0 Å². The van der Waals surface area contributed by atoms with Gasteiger partial charge in [0.15, 0.2) is 0 Å². The Hall–Kier alpha value is -1.36. The number of anilines is 1. The number of aromatic amines is 1. The first-order valence-electron chi connectivity index (χ1n) is 5.64. The molecular weight excluding hydrogens is 297 g/mol. The van der Waals surface area contributed by atoms with Crippen molar-refractivity contribution in [2.24, 2.45) is 0 Å². The van der Waals surface area contributed by atoms with Gasteiger partial charge in [-0.15, -0.1) is 0 Å². The third kappa shape index (κ3) is 3.10. The van der Waals surface area contributed by atoms with Crippen LogP contribution >= 0.6 is 15.9 Å². The molecule has 5 heteroatoms. The van der Waals surface area contributed by atoms with Crippen molar-refractivity contribution in [2.45, 2.75) is 26.3 Å². The van der Waals surface area contributed by atoms with E-state index < -0.39 is 0 Å². The maximum absolute atomic E-state index is 13.7. The van der Waals surface area contributed by atoms with E-state index in [9.17, 15) is 4.39 Å². The minimum atomic E-state index is -0.274. The molecule has 0 aliphatic rings. The zero-order valence-electron chi connectivity index (χ0n) is 10.5. The van der Waals surface area contributed by atoms with Crippen molar-refractivity contribution in [2.75, 3.05) is 5.32 Å². The van der Waals surface area contributed by atoms with Crippen LogP contribution in [0.15, 0.2) is 28.7 Å². The normalized spacial score (nSPS) is 11.6. The lowest BCUT2D eigenvalue weighted by Crippen LogP contribution is -2.26. The third-order valence-corrected chi connectivity index (χ3v) is 2.79. The molecule has 0 spiro atoms. The van der Waals surface area contributed by atoms with Crippen LogP contribution in [-0.2, 0) is 0 Å². The van der Waals surface area contributed by atoms with Gasteiger partial charge in [0, 0.05) is 21.6 Å². The molecule has 18 heavy (non-hydrogen) atoms. The first-order chi connectivity index (χ1) is 8.35. The first-order valence-corrected chi connectivity index (χ1v) is 6.43. The standard InChI is InChI=1S/C13H15BrFN3/c1-13(2,3)16-12-7-11(17-18-12)9-6-8(14)4-5-10(9)15/h4-7H,1-3H3,(H2,16,17,18). The van der Waals surface area contributed by atoms with Crippen LogP contribution in [0.1, 0.15) is 20.8 Å². The van der Waals surface area contributed by atoms with Gasteiger partial charge in [-0.1, -0.05) is 15.9 Å². The number of hydrogen-bond donors (Lipinski definition) is 2. The van der Waals surface area contributed by atoms with Gasteiger partial charge in [-0.2, -0.15) is 5.10 Å². The van der Waals surface area contributed by atoms with Crippen LogP contribution in [0.5, 0.6) is 0 Å². The Balaban J connectivity index is 2.32. The molecule has 2 aromatic rings. The van der Waals surface area contributed by atoms with Gasteiger partial charge in [0.25, 0.3) is 0 Å². The summed E-state index contributed by atoms with van der Waals surface area (Å²) < 4.78 is 14.5. The van der Waals surface area contributed by atoms with Crippen molar-refractivity contribution in [1.82, 2.24) is 10.2 Å². The van der Waals surface area contributed by atoms with Crippen molar-refractivity contribution in [3.05, 3.63) is 34.6 Å². The maximum atomic E-state index is 13.7. The summed E-state index contributed by atoms with van der Waals surface area (Å²) in [7, 11) is 0. The average molecular weight is 312 g/mol. The van der Waals surface area contributed by atoms with E-state index in [2.05, 4.69) is 31.4 Å². The first kappa shape index (κ1) is 13.1. The van der Waals surface area contributed by atoms with Crippen molar-refractivity contribution in [3.63, 3.8) is 0 Å². The van der Waals surface area contributed by atoms with E-state index in [-0.39, 0.29) is 11.4 Å². The van der Waals surface area contributed by atoms with Gasteiger partial charge < -0.3 is 5.32 Å². The fraction of sp³-hybridized carbons (Fsp3) is 0.308. The van der Waals surface area contributed by atoms with Gasteiger partial charge in [0.2, 0.25) is 0 Å². The van der Waals surface area contributed by atoms with Crippen molar-refractivity contribution >= 4 is 21.7 Å². The summed E-state index contributed by atoms with van der Waals surface area (Å²) in [4.78, 5) is 0. The molecule has 96 valence electrons. The second-order valence-corrected chi connectivity index (χ2v) is 6.08. The molecule has 0 aliphatic heterocycles. The van der Waals surface area contributed by atoms with Crippen LogP contribution < -0.4 is 5.32 Å². The average Bonchev–Trinajstić information content (AvgIpc) is 2.67. The summed E-state index contributed by atoms with van der Waals surface area (Å²) in [6.07, 6.45) is 0. The van der Waals surface area contributed by atoms with E-state index in [1.807, 2.05) is 20.8 Å². The summed E-state index contributed by atoms with van der Waals surface area (Å²) in [6.45, 7) is 6.13. The molecule has 0 radical (unpaired) electrons. The number of aromatic nitrogens is 2. The molecule has 1 heterocycles. The zero-order chi connectivity index (χ0) is 13.3. The minimum absolute atomic E-state index is 0.0811. The molecular formula is C13H15BrFN3. The molecule has 0 saturated carbocycles. The van der Waals surface area contributed by atoms with E-state index in [0.29, 0.717) is 17.1 Å².